The van der Waals surface area contributed by atoms with Gasteiger partial charge in [-0.15, -0.1) is 10.2 Å². The molecule has 164 valence electrons. The van der Waals surface area contributed by atoms with Crippen LogP contribution in [0.15, 0.2) is 33.6 Å². The van der Waals surface area contributed by atoms with Gasteiger partial charge in [-0.2, -0.15) is 0 Å². The van der Waals surface area contributed by atoms with E-state index in [1.807, 2.05) is 0 Å². The molecule has 1 amide bonds. The molecule has 3 aromatic heterocycles. The van der Waals surface area contributed by atoms with E-state index in [9.17, 15) is 19.1 Å². The quantitative estimate of drug-likeness (QED) is 0.507. The molecule has 0 saturated carbocycles. The number of carbonyl (C=O) groups excluding carboxylic acids is 1. The third-order valence-corrected chi connectivity index (χ3v) is 5.84. The number of nitrogens with zero attached hydrogens (tertiary/aromatic N) is 5. The van der Waals surface area contributed by atoms with E-state index in [4.69, 9.17) is 16.0 Å². The van der Waals surface area contributed by atoms with Crippen LogP contribution in [0.2, 0.25) is 5.02 Å². The lowest BCUT2D eigenvalue weighted by molar-refractivity contribution is 0.0747. The maximum Gasteiger partial charge on any atom is 0.274 e. The van der Waals surface area contributed by atoms with Crippen LogP contribution in [-0.4, -0.2) is 48.8 Å². The molecule has 32 heavy (non-hydrogen) atoms. The first-order valence-corrected chi connectivity index (χ1v) is 10.1. The van der Waals surface area contributed by atoms with E-state index in [1.54, 1.807) is 18.5 Å². The number of hydrogen-bond acceptors (Lipinski definition) is 6. The molecule has 9 nitrogen and oxygen atoms in total. The van der Waals surface area contributed by atoms with Gasteiger partial charge < -0.3 is 23.6 Å². The number of carbonyl (C=O) groups is 1. The van der Waals surface area contributed by atoms with E-state index in [1.165, 1.54) is 33.9 Å². The molecule has 0 radical (unpaired) electrons. The van der Waals surface area contributed by atoms with Crippen molar-refractivity contribution in [2.75, 3.05) is 13.6 Å². The number of hydrogen-bond donors (Lipinski definition) is 1. The van der Waals surface area contributed by atoms with Crippen LogP contribution in [0.25, 0.3) is 22.4 Å². The lowest BCUT2D eigenvalue weighted by Crippen LogP contribution is -2.37. The van der Waals surface area contributed by atoms with E-state index in [0.29, 0.717) is 35.6 Å². The van der Waals surface area contributed by atoms with Crippen LogP contribution in [0.3, 0.4) is 0 Å². The Morgan fingerprint density at radius 3 is 2.72 bits per heavy atom. The molecule has 1 aliphatic heterocycles. The predicted octanol–water partition coefficient (Wildman–Crippen LogP) is 2.79. The number of fused-ring (bicyclic) bond motifs is 3. The van der Waals surface area contributed by atoms with Crippen molar-refractivity contribution in [3.63, 3.8) is 0 Å². The van der Waals surface area contributed by atoms with Gasteiger partial charge in [-0.05, 0) is 17.7 Å². The molecule has 0 saturated heterocycles. The molecular formula is C21H17ClFN5O4. The molecule has 11 heteroatoms. The van der Waals surface area contributed by atoms with Gasteiger partial charge in [0, 0.05) is 33.3 Å². The fourth-order valence-corrected chi connectivity index (χ4v) is 4.20. The van der Waals surface area contributed by atoms with Crippen LogP contribution in [0.4, 0.5) is 4.39 Å². The molecule has 0 atom stereocenters. The van der Waals surface area contributed by atoms with Crippen molar-refractivity contribution in [1.29, 1.82) is 0 Å². The van der Waals surface area contributed by atoms with Gasteiger partial charge in [-0.25, -0.2) is 4.39 Å². The van der Waals surface area contributed by atoms with Gasteiger partial charge >= 0.3 is 0 Å². The van der Waals surface area contributed by atoms with Crippen molar-refractivity contribution in [1.82, 2.24) is 24.2 Å². The van der Waals surface area contributed by atoms with Crippen molar-refractivity contribution in [2.45, 2.75) is 20.0 Å². The summed E-state index contributed by atoms with van der Waals surface area (Å²) < 4.78 is 22.1. The van der Waals surface area contributed by atoms with Gasteiger partial charge in [0.2, 0.25) is 5.89 Å². The van der Waals surface area contributed by atoms with Crippen LogP contribution in [-0.2, 0) is 13.1 Å². The zero-order valence-electron chi connectivity index (χ0n) is 17.1. The van der Waals surface area contributed by atoms with Crippen molar-refractivity contribution in [3.05, 3.63) is 62.7 Å². The Bertz CT molecular complexity index is 1470. The molecule has 1 aliphatic rings. The lowest BCUT2D eigenvalue weighted by atomic mass is 10.1. The zero-order chi connectivity index (χ0) is 22.7. The molecule has 0 fully saturated rings. The van der Waals surface area contributed by atoms with Crippen LogP contribution in [0.5, 0.6) is 5.75 Å². The number of halogens is 2. The second-order valence-corrected chi connectivity index (χ2v) is 8.06. The average molecular weight is 458 g/mol. The number of rotatable bonds is 3. The summed E-state index contributed by atoms with van der Waals surface area (Å²) in [7, 11) is 1.63. The summed E-state index contributed by atoms with van der Waals surface area (Å²) in [5, 5.41) is 18.8. The van der Waals surface area contributed by atoms with E-state index >= 15 is 0 Å². The topological polar surface area (TPSA) is 106 Å². The van der Waals surface area contributed by atoms with Crippen molar-refractivity contribution in [2.24, 2.45) is 0 Å². The second-order valence-electron chi connectivity index (χ2n) is 7.65. The minimum Gasteiger partial charge on any atom is -0.505 e. The Balaban J connectivity index is 1.81. The van der Waals surface area contributed by atoms with Crippen molar-refractivity contribution < 1.29 is 18.7 Å². The smallest absolute Gasteiger partial charge is 0.274 e. The minimum atomic E-state index is -0.569. The molecule has 5 rings (SSSR count). The number of aromatic nitrogens is 4. The van der Waals surface area contributed by atoms with E-state index < -0.39 is 23.0 Å². The van der Waals surface area contributed by atoms with Gasteiger partial charge in [0.05, 0.1) is 22.6 Å². The van der Waals surface area contributed by atoms with Crippen molar-refractivity contribution in [3.8, 4) is 17.2 Å². The second kappa shape index (κ2) is 7.20. The Hall–Kier alpha value is -3.66. The third-order valence-electron chi connectivity index (χ3n) is 5.55. The number of amides is 1. The lowest BCUT2D eigenvalue weighted by Gasteiger charge is -2.25. The molecule has 0 spiro atoms. The first-order valence-electron chi connectivity index (χ1n) is 9.74. The Morgan fingerprint density at radius 1 is 1.25 bits per heavy atom. The summed E-state index contributed by atoms with van der Waals surface area (Å²) in [6.45, 7) is 2.47. The number of pyridine rings is 1. The van der Waals surface area contributed by atoms with E-state index in [2.05, 4.69) is 10.2 Å². The molecule has 4 heterocycles. The van der Waals surface area contributed by atoms with Gasteiger partial charge in [0.15, 0.2) is 11.4 Å². The Kier molecular flexibility index (Phi) is 4.55. The summed E-state index contributed by atoms with van der Waals surface area (Å²) in [5.74, 6) is -0.897. The highest BCUT2D eigenvalue weighted by Gasteiger charge is 2.33. The summed E-state index contributed by atoms with van der Waals surface area (Å²) in [5.41, 5.74) is 0.833. The van der Waals surface area contributed by atoms with Crippen LogP contribution in [0, 0.1) is 12.7 Å². The van der Waals surface area contributed by atoms with Gasteiger partial charge in [-0.3, -0.25) is 9.59 Å². The summed E-state index contributed by atoms with van der Waals surface area (Å²) >= 11 is 5.89. The maximum absolute atomic E-state index is 13.6. The van der Waals surface area contributed by atoms with E-state index in [-0.39, 0.29) is 28.5 Å². The predicted molar refractivity (Wildman–Crippen MR) is 113 cm³/mol. The largest absolute Gasteiger partial charge is 0.505 e. The van der Waals surface area contributed by atoms with Gasteiger partial charge in [-0.1, -0.05) is 17.7 Å². The molecule has 0 aliphatic carbocycles. The number of aryl methyl sites for hydroxylation is 1. The third kappa shape index (κ3) is 2.98. The summed E-state index contributed by atoms with van der Waals surface area (Å²) in [4.78, 5) is 27.6. The number of benzene rings is 1. The number of likely N-dealkylation sites (N-methyl/N-ethyl adjacent to an activating group) is 1. The Morgan fingerprint density at radius 2 is 2.03 bits per heavy atom. The highest BCUT2D eigenvalue weighted by Crippen LogP contribution is 2.37. The minimum absolute atomic E-state index is 0.0230. The van der Waals surface area contributed by atoms with Crippen LogP contribution >= 0.6 is 11.6 Å². The first kappa shape index (κ1) is 20.3. The molecule has 1 N–H and O–H groups in total. The highest BCUT2D eigenvalue weighted by atomic mass is 35.5. The van der Waals surface area contributed by atoms with Crippen molar-refractivity contribution >= 4 is 28.4 Å². The van der Waals surface area contributed by atoms with E-state index in [0.717, 1.165) is 0 Å². The van der Waals surface area contributed by atoms with Crippen LogP contribution < -0.4 is 5.56 Å². The molecule has 4 aromatic rings. The van der Waals surface area contributed by atoms with Crippen LogP contribution in [0.1, 0.15) is 21.9 Å². The van der Waals surface area contributed by atoms with Gasteiger partial charge in [0.1, 0.15) is 11.2 Å². The first-order chi connectivity index (χ1) is 15.3. The zero-order valence-corrected chi connectivity index (χ0v) is 17.9. The fourth-order valence-electron chi connectivity index (χ4n) is 3.99. The normalized spacial score (nSPS) is 13.8. The average Bonchev–Trinajstić information content (AvgIpc) is 3.31. The Labute approximate surface area is 185 Å². The number of aromatic hydroxyl groups is 1. The SMILES string of the molecule is Cc1nnc(-c2cn(Cc3ccc(F)c(Cl)c3)c(=O)c3c(O)c4n(c23)CCN(C)C4=O)o1. The maximum atomic E-state index is 13.6. The van der Waals surface area contributed by atoms with Gasteiger partial charge in [0.25, 0.3) is 17.4 Å². The standard InChI is InChI=1S/C21H17ClFN5O4/c1-10-24-25-19(32-10)12-9-27(8-11-3-4-14(23)13(22)7-11)20(30)15-16(12)28-6-5-26(2)21(31)17(28)18(15)29/h3-4,7,9,29H,5-6,8H2,1-2H3. The summed E-state index contributed by atoms with van der Waals surface area (Å²) in [6, 6.07) is 4.15. The molecular weight excluding hydrogens is 441 g/mol. The molecule has 0 unspecified atom stereocenters. The monoisotopic (exact) mass is 457 g/mol. The molecule has 0 bridgehead atoms. The summed E-state index contributed by atoms with van der Waals surface area (Å²) in [6.07, 6.45) is 1.53. The highest BCUT2D eigenvalue weighted by molar-refractivity contribution is 6.30. The fraction of sp³-hybridized carbons (Fsp3) is 0.238. The molecule has 1 aromatic carbocycles.